The Balaban J connectivity index is 2.86. The van der Waals surface area contributed by atoms with Gasteiger partial charge in [-0.3, -0.25) is 0 Å². The van der Waals surface area contributed by atoms with Crippen LogP contribution in [0.1, 0.15) is 10.5 Å². The number of nitrogens with zero attached hydrogens (tertiary/aromatic N) is 2. The summed E-state index contributed by atoms with van der Waals surface area (Å²) in [7, 11) is 0. The molecule has 0 aliphatic rings. The van der Waals surface area contributed by atoms with Crippen LogP contribution in [0.4, 0.5) is 10.1 Å². The molecule has 2 aromatic rings. The molecule has 0 unspecified atom stereocenters. The first-order chi connectivity index (χ1) is 7.11. The predicted molar refractivity (Wildman–Crippen MR) is 50.9 cm³/mol. The van der Waals surface area contributed by atoms with E-state index in [0.717, 1.165) is 0 Å². The Hall–Kier alpha value is -2.24. The number of halogens is 1. The van der Waals surface area contributed by atoms with Crippen molar-refractivity contribution in [1.29, 1.82) is 0 Å². The molecule has 6 heteroatoms. The van der Waals surface area contributed by atoms with Crippen molar-refractivity contribution in [3.05, 3.63) is 29.7 Å². The standard InChI is InChI=1S/C9H6FN3O2/c10-5-3-1-2-4-6(11)8(9(14)15)13-12-7(4)5/h1-3H,(H2,11,12)(H,14,15). The molecule has 0 radical (unpaired) electrons. The molecule has 1 aromatic heterocycles. The van der Waals surface area contributed by atoms with Gasteiger partial charge in [0.2, 0.25) is 0 Å². The number of aromatic carboxylic acids is 1. The van der Waals surface area contributed by atoms with Crippen molar-refractivity contribution in [3.8, 4) is 0 Å². The highest BCUT2D eigenvalue weighted by molar-refractivity contribution is 6.01. The number of fused-ring (bicyclic) bond motifs is 1. The van der Waals surface area contributed by atoms with Crippen molar-refractivity contribution in [2.24, 2.45) is 0 Å². The number of nitrogen functional groups attached to an aromatic ring is 1. The van der Waals surface area contributed by atoms with Crippen LogP contribution in [0.25, 0.3) is 10.9 Å². The van der Waals surface area contributed by atoms with Gasteiger partial charge in [-0.1, -0.05) is 12.1 Å². The number of anilines is 1. The van der Waals surface area contributed by atoms with Gasteiger partial charge in [-0.2, -0.15) is 0 Å². The minimum absolute atomic E-state index is 0.0278. The molecule has 0 atom stereocenters. The second-order valence-electron chi connectivity index (χ2n) is 2.90. The molecule has 0 aliphatic carbocycles. The first kappa shape index (κ1) is 9.32. The van der Waals surface area contributed by atoms with Crippen LogP contribution < -0.4 is 5.73 Å². The minimum atomic E-state index is -1.29. The third-order valence-corrected chi connectivity index (χ3v) is 1.98. The van der Waals surface area contributed by atoms with Crippen molar-refractivity contribution >= 4 is 22.6 Å². The number of rotatable bonds is 1. The smallest absolute Gasteiger partial charge is 0.358 e. The number of nitrogens with two attached hydrogens (primary N) is 1. The summed E-state index contributed by atoms with van der Waals surface area (Å²) in [5.74, 6) is -1.87. The van der Waals surface area contributed by atoms with Gasteiger partial charge < -0.3 is 10.8 Å². The van der Waals surface area contributed by atoms with E-state index in [1.54, 1.807) is 0 Å². The molecular formula is C9H6FN3O2. The molecule has 0 aliphatic heterocycles. The van der Waals surface area contributed by atoms with E-state index in [2.05, 4.69) is 10.2 Å². The molecule has 5 nitrogen and oxygen atoms in total. The molecule has 0 saturated carbocycles. The third kappa shape index (κ3) is 1.35. The zero-order valence-corrected chi connectivity index (χ0v) is 7.44. The lowest BCUT2D eigenvalue weighted by molar-refractivity contribution is 0.0691. The van der Waals surface area contributed by atoms with Crippen LogP contribution in [-0.4, -0.2) is 21.3 Å². The molecule has 2 rings (SSSR count). The summed E-state index contributed by atoms with van der Waals surface area (Å²) in [6.07, 6.45) is 0. The van der Waals surface area contributed by atoms with Gasteiger partial charge in [0.15, 0.2) is 11.5 Å². The molecule has 0 bridgehead atoms. The average Bonchev–Trinajstić information content (AvgIpc) is 2.19. The Morgan fingerprint density at radius 3 is 2.80 bits per heavy atom. The topological polar surface area (TPSA) is 89.1 Å². The van der Waals surface area contributed by atoms with Crippen molar-refractivity contribution in [2.75, 3.05) is 5.73 Å². The lowest BCUT2D eigenvalue weighted by atomic mass is 10.1. The number of carbonyl (C=O) groups is 1. The van der Waals surface area contributed by atoms with Crippen LogP contribution in [0, 0.1) is 5.82 Å². The normalized spacial score (nSPS) is 10.5. The van der Waals surface area contributed by atoms with E-state index < -0.39 is 11.8 Å². The first-order valence-electron chi connectivity index (χ1n) is 4.05. The molecule has 3 N–H and O–H groups in total. The molecule has 0 spiro atoms. The maximum atomic E-state index is 13.2. The SMILES string of the molecule is Nc1c(C(=O)O)nnc2c(F)cccc12. The van der Waals surface area contributed by atoms with E-state index in [9.17, 15) is 9.18 Å². The zero-order chi connectivity index (χ0) is 11.0. The Morgan fingerprint density at radius 1 is 1.40 bits per heavy atom. The van der Waals surface area contributed by atoms with E-state index in [1.165, 1.54) is 18.2 Å². The fourth-order valence-corrected chi connectivity index (χ4v) is 1.27. The van der Waals surface area contributed by atoms with E-state index in [-0.39, 0.29) is 22.3 Å². The summed E-state index contributed by atoms with van der Waals surface area (Å²) >= 11 is 0. The number of hydrogen-bond acceptors (Lipinski definition) is 4. The van der Waals surface area contributed by atoms with Crippen LogP contribution in [0.15, 0.2) is 18.2 Å². The molecule has 1 heterocycles. The van der Waals surface area contributed by atoms with Crippen molar-refractivity contribution in [1.82, 2.24) is 10.2 Å². The van der Waals surface area contributed by atoms with Gasteiger partial charge in [0, 0.05) is 5.39 Å². The van der Waals surface area contributed by atoms with E-state index in [1.807, 2.05) is 0 Å². The van der Waals surface area contributed by atoms with Crippen molar-refractivity contribution in [3.63, 3.8) is 0 Å². The van der Waals surface area contributed by atoms with Crippen LogP contribution in [0.3, 0.4) is 0 Å². The fourth-order valence-electron chi connectivity index (χ4n) is 1.27. The number of carboxylic acids is 1. The van der Waals surface area contributed by atoms with Gasteiger partial charge in [0.1, 0.15) is 5.52 Å². The third-order valence-electron chi connectivity index (χ3n) is 1.98. The molecule has 15 heavy (non-hydrogen) atoms. The highest BCUT2D eigenvalue weighted by Gasteiger charge is 2.15. The van der Waals surface area contributed by atoms with Crippen LogP contribution in [0.5, 0.6) is 0 Å². The fraction of sp³-hybridized carbons (Fsp3) is 0. The highest BCUT2D eigenvalue weighted by atomic mass is 19.1. The van der Waals surface area contributed by atoms with Gasteiger partial charge in [-0.25, -0.2) is 9.18 Å². The van der Waals surface area contributed by atoms with Crippen molar-refractivity contribution < 1.29 is 14.3 Å². The molecule has 0 fully saturated rings. The van der Waals surface area contributed by atoms with Gasteiger partial charge >= 0.3 is 5.97 Å². The number of aromatic nitrogens is 2. The highest BCUT2D eigenvalue weighted by Crippen LogP contribution is 2.22. The van der Waals surface area contributed by atoms with Crippen LogP contribution in [-0.2, 0) is 0 Å². The quantitative estimate of drug-likeness (QED) is 0.729. The number of carboxylic acid groups (broad SMARTS) is 1. The molecular weight excluding hydrogens is 201 g/mol. The number of benzene rings is 1. The van der Waals surface area contributed by atoms with Gasteiger partial charge in [0.05, 0.1) is 5.69 Å². The summed E-state index contributed by atoms with van der Waals surface area (Å²) in [4.78, 5) is 10.7. The van der Waals surface area contributed by atoms with Gasteiger partial charge in [-0.15, -0.1) is 10.2 Å². The van der Waals surface area contributed by atoms with Crippen molar-refractivity contribution in [2.45, 2.75) is 0 Å². The molecule has 0 amide bonds. The van der Waals surface area contributed by atoms with E-state index >= 15 is 0 Å². The molecule has 76 valence electrons. The summed E-state index contributed by atoms with van der Waals surface area (Å²) in [6, 6.07) is 4.13. The monoisotopic (exact) mass is 207 g/mol. The second kappa shape index (κ2) is 3.16. The lowest BCUT2D eigenvalue weighted by Crippen LogP contribution is -2.08. The van der Waals surface area contributed by atoms with E-state index in [0.29, 0.717) is 0 Å². The summed E-state index contributed by atoms with van der Waals surface area (Å²) in [5.41, 5.74) is 5.07. The Labute approximate surface area is 83.3 Å². The van der Waals surface area contributed by atoms with Gasteiger partial charge in [0.25, 0.3) is 0 Å². The largest absolute Gasteiger partial charge is 0.476 e. The molecule has 1 aromatic carbocycles. The maximum absolute atomic E-state index is 13.2. The van der Waals surface area contributed by atoms with Gasteiger partial charge in [-0.05, 0) is 6.07 Å². The number of hydrogen-bond donors (Lipinski definition) is 2. The second-order valence-corrected chi connectivity index (χ2v) is 2.90. The average molecular weight is 207 g/mol. The predicted octanol–water partition coefficient (Wildman–Crippen LogP) is 1.05. The summed E-state index contributed by atoms with van der Waals surface area (Å²) < 4.78 is 13.2. The van der Waals surface area contributed by atoms with E-state index in [4.69, 9.17) is 10.8 Å². The Morgan fingerprint density at radius 2 is 2.13 bits per heavy atom. The summed E-state index contributed by atoms with van der Waals surface area (Å²) in [5, 5.41) is 15.8. The van der Waals surface area contributed by atoms with Crippen LogP contribution in [0.2, 0.25) is 0 Å². The minimum Gasteiger partial charge on any atom is -0.476 e. The zero-order valence-electron chi connectivity index (χ0n) is 7.44. The first-order valence-corrected chi connectivity index (χ1v) is 4.05. The Bertz CT molecular complexity index is 556. The Kier molecular flexibility index (Phi) is 1.96. The maximum Gasteiger partial charge on any atom is 0.358 e. The van der Waals surface area contributed by atoms with Crippen LogP contribution >= 0.6 is 0 Å². The lowest BCUT2D eigenvalue weighted by Gasteiger charge is -2.03. The summed E-state index contributed by atoms with van der Waals surface area (Å²) in [6.45, 7) is 0. The molecule has 0 saturated heterocycles.